The number of halogens is 2. The third kappa shape index (κ3) is 3.60. The van der Waals surface area contributed by atoms with E-state index in [9.17, 15) is 4.79 Å². The van der Waals surface area contributed by atoms with Gasteiger partial charge in [0.15, 0.2) is 0 Å². The molecule has 0 aliphatic rings. The molecule has 0 aliphatic carbocycles. The zero-order chi connectivity index (χ0) is 16.3. The second-order valence-electron chi connectivity index (χ2n) is 4.97. The van der Waals surface area contributed by atoms with Crippen molar-refractivity contribution in [3.05, 3.63) is 32.2 Å². The van der Waals surface area contributed by atoms with Gasteiger partial charge in [-0.25, -0.2) is 0 Å². The van der Waals surface area contributed by atoms with Crippen LogP contribution in [0.1, 0.15) is 35.2 Å². The van der Waals surface area contributed by atoms with Crippen LogP contribution in [0.4, 0.5) is 0 Å². The highest BCUT2D eigenvalue weighted by atomic mass is 79.9. The number of carbonyl (C=O) groups is 1. The second kappa shape index (κ2) is 7.41. The van der Waals surface area contributed by atoms with Gasteiger partial charge >= 0.3 is 0 Å². The molecule has 2 aromatic heterocycles. The van der Waals surface area contributed by atoms with Gasteiger partial charge in [0.25, 0.3) is 5.91 Å². The standard InChI is InChI=1S/C14H19Br2N5O/c1-4-20-13(11(15)8-18-20)14(22)17-6-5-7-21-10(3)12(16)9(2)19-21/h8H,4-7H2,1-3H3,(H,17,22). The zero-order valence-electron chi connectivity index (χ0n) is 12.9. The molecule has 120 valence electrons. The van der Waals surface area contributed by atoms with E-state index in [-0.39, 0.29) is 5.91 Å². The molecular formula is C14H19Br2N5O. The largest absolute Gasteiger partial charge is 0.351 e. The van der Waals surface area contributed by atoms with Crippen LogP contribution < -0.4 is 5.32 Å². The van der Waals surface area contributed by atoms with Crippen molar-refractivity contribution in [1.82, 2.24) is 24.9 Å². The van der Waals surface area contributed by atoms with Crippen LogP contribution in [0.2, 0.25) is 0 Å². The van der Waals surface area contributed by atoms with Gasteiger partial charge in [-0.05, 0) is 59.1 Å². The van der Waals surface area contributed by atoms with Crippen LogP contribution in [-0.4, -0.2) is 32.0 Å². The van der Waals surface area contributed by atoms with Crippen LogP contribution >= 0.6 is 31.9 Å². The summed E-state index contributed by atoms with van der Waals surface area (Å²) < 4.78 is 5.40. The molecular weight excluding hydrogens is 414 g/mol. The van der Waals surface area contributed by atoms with Crippen molar-refractivity contribution in [2.75, 3.05) is 6.54 Å². The lowest BCUT2D eigenvalue weighted by molar-refractivity contribution is 0.0941. The Morgan fingerprint density at radius 3 is 2.64 bits per heavy atom. The van der Waals surface area contributed by atoms with E-state index in [1.165, 1.54) is 0 Å². The van der Waals surface area contributed by atoms with Crippen LogP contribution in [0.5, 0.6) is 0 Å². The van der Waals surface area contributed by atoms with Crippen molar-refractivity contribution < 1.29 is 4.79 Å². The quantitative estimate of drug-likeness (QED) is 0.713. The summed E-state index contributed by atoms with van der Waals surface area (Å²) in [5.74, 6) is -0.110. The summed E-state index contributed by atoms with van der Waals surface area (Å²) >= 11 is 6.88. The number of amides is 1. The van der Waals surface area contributed by atoms with Crippen LogP contribution in [0.15, 0.2) is 15.1 Å². The Hall–Kier alpha value is -1.15. The summed E-state index contributed by atoms with van der Waals surface area (Å²) in [6, 6.07) is 0. The molecule has 1 N–H and O–H groups in total. The second-order valence-corrected chi connectivity index (χ2v) is 6.62. The minimum Gasteiger partial charge on any atom is -0.351 e. The van der Waals surface area contributed by atoms with E-state index < -0.39 is 0 Å². The van der Waals surface area contributed by atoms with E-state index in [0.29, 0.717) is 23.3 Å². The predicted octanol–water partition coefficient (Wildman–Crippen LogP) is 3.06. The van der Waals surface area contributed by atoms with Crippen molar-refractivity contribution >= 4 is 37.8 Å². The zero-order valence-corrected chi connectivity index (χ0v) is 16.0. The first-order valence-electron chi connectivity index (χ1n) is 7.14. The third-order valence-corrected chi connectivity index (χ3v) is 5.16. The Bertz CT molecular complexity index is 677. The van der Waals surface area contributed by atoms with Crippen LogP contribution in [0, 0.1) is 13.8 Å². The molecule has 1 amide bonds. The highest BCUT2D eigenvalue weighted by molar-refractivity contribution is 9.10. The Morgan fingerprint density at radius 2 is 2.05 bits per heavy atom. The Balaban J connectivity index is 1.87. The molecule has 0 unspecified atom stereocenters. The molecule has 0 aliphatic heterocycles. The molecule has 0 bridgehead atoms. The minimum atomic E-state index is -0.110. The molecule has 0 saturated carbocycles. The summed E-state index contributed by atoms with van der Waals surface area (Å²) in [7, 11) is 0. The minimum absolute atomic E-state index is 0.110. The summed E-state index contributed by atoms with van der Waals surface area (Å²) in [5, 5.41) is 11.5. The summed E-state index contributed by atoms with van der Waals surface area (Å²) in [6.07, 6.45) is 2.46. The molecule has 2 heterocycles. The Morgan fingerprint density at radius 1 is 1.32 bits per heavy atom. The fourth-order valence-corrected chi connectivity index (χ4v) is 3.00. The van der Waals surface area contributed by atoms with Gasteiger partial charge in [0.1, 0.15) is 5.69 Å². The van der Waals surface area contributed by atoms with Crippen LogP contribution in [0.3, 0.4) is 0 Å². The number of hydrogen-bond donors (Lipinski definition) is 1. The fourth-order valence-electron chi connectivity index (χ4n) is 2.24. The van der Waals surface area contributed by atoms with Gasteiger partial charge in [-0.1, -0.05) is 0 Å². The number of nitrogens with one attached hydrogen (secondary N) is 1. The van der Waals surface area contributed by atoms with Crippen molar-refractivity contribution in [3.63, 3.8) is 0 Å². The van der Waals surface area contributed by atoms with Crippen molar-refractivity contribution in [1.29, 1.82) is 0 Å². The van der Waals surface area contributed by atoms with Crippen molar-refractivity contribution in [3.8, 4) is 0 Å². The lowest BCUT2D eigenvalue weighted by Crippen LogP contribution is -2.28. The summed E-state index contributed by atoms with van der Waals surface area (Å²) in [4.78, 5) is 12.2. The van der Waals surface area contributed by atoms with E-state index in [0.717, 1.165) is 28.8 Å². The molecule has 0 spiro atoms. The normalized spacial score (nSPS) is 11.0. The van der Waals surface area contributed by atoms with Gasteiger partial charge in [-0.3, -0.25) is 14.2 Å². The molecule has 0 radical (unpaired) electrons. The van der Waals surface area contributed by atoms with Gasteiger partial charge in [0, 0.05) is 25.3 Å². The number of aryl methyl sites for hydroxylation is 3. The topological polar surface area (TPSA) is 64.7 Å². The first kappa shape index (κ1) is 17.2. The van der Waals surface area contributed by atoms with Crippen LogP contribution in [0.25, 0.3) is 0 Å². The van der Waals surface area contributed by atoms with Gasteiger partial charge in [0.05, 0.1) is 20.8 Å². The monoisotopic (exact) mass is 431 g/mol. The van der Waals surface area contributed by atoms with E-state index >= 15 is 0 Å². The molecule has 22 heavy (non-hydrogen) atoms. The predicted molar refractivity (Wildman–Crippen MR) is 92.0 cm³/mol. The van der Waals surface area contributed by atoms with E-state index in [4.69, 9.17) is 0 Å². The smallest absolute Gasteiger partial charge is 0.270 e. The molecule has 2 aromatic rings. The Kier molecular flexibility index (Phi) is 5.80. The molecule has 6 nitrogen and oxygen atoms in total. The summed E-state index contributed by atoms with van der Waals surface area (Å²) in [6.45, 7) is 7.98. The lowest BCUT2D eigenvalue weighted by atomic mass is 10.3. The maximum absolute atomic E-state index is 12.2. The fraction of sp³-hybridized carbons (Fsp3) is 0.500. The van der Waals surface area contributed by atoms with Gasteiger partial charge in [0.2, 0.25) is 0 Å². The summed E-state index contributed by atoms with van der Waals surface area (Å²) in [5.41, 5.74) is 2.66. The average Bonchev–Trinajstić information content (AvgIpc) is 2.99. The maximum Gasteiger partial charge on any atom is 0.270 e. The number of rotatable bonds is 6. The Labute approximate surface area is 146 Å². The van der Waals surface area contributed by atoms with Crippen LogP contribution in [-0.2, 0) is 13.1 Å². The number of nitrogens with zero attached hydrogens (tertiary/aromatic N) is 4. The number of aromatic nitrogens is 4. The molecule has 0 aromatic carbocycles. The average molecular weight is 433 g/mol. The van der Waals surface area contributed by atoms with Crippen molar-refractivity contribution in [2.24, 2.45) is 0 Å². The molecule has 0 atom stereocenters. The molecule has 2 rings (SSSR count). The molecule has 8 heteroatoms. The SMILES string of the molecule is CCn1ncc(Br)c1C(=O)NCCCn1nc(C)c(Br)c1C. The molecule has 0 fully saturated rings. The third-order valence-electron chi connectivity index (χ3n) is 3.43. The highest BCUT2D eigenvalue weighted by Gasteiger charge is 2.15. The van der Waals surface area contributed by atoms with Gasteiger partial charge < -0.3 is 5.32 Å². The highest BCUT2D eigenvalue weighted by Crippen LogP contribution is 2.19. The van der Waals surface area contributed by atoms with E-state index in [1.807, 2.05) is 25.5 Å². The van der Waals surface area contributed by atoms with E-state index in [1.54, 1.807) is 10.9 Å². The first-order valence-corrected chi connectivity index (χ1v) is 8.73. The lowest BCUT2D eigenvalue weighted by Gasteiger charge is -2.08. The van der Waals surface area contributed by atoms with Crippen molar-refractivity contribution in [2.45, 2.75) is 40.3 Å². The molecule has 0 saturated heterocycles. The first-order chi connectivity index (χ1) is 10.5. The number of hydrogen-bond acceptors (Lipinski definition) is 3. The number of carbonyl (C=O) groups excluding carboxylic acids is 1. The van der Waals surface area contributed by atoms with Gasteiger partial charge in [-0.15, -0.1) is 0 Å². The maximum atomic E-state index is 12.2. The van der Waals surface area contributed by atoms with Gasteiger partial charge in [-0.2, -0.15) is 10.2 Å². The van der Waals surface area contributed by atoms with E-state index in [2.05, 4.69) is 47.4 Å².